The van der Waals surface area contributed by atoms with E-state index in [0.717, 1.165) is 28.3 Å². The van der Waals surface area contributed by atoms with E-state index in [9.17, 15) is 4.79 Å². The fraction of sp³-hybridized carbons (Fsp3) is 0.320. The Balaban J connectivity index is 1.65. The van der Waals surface area contributed by atoms with Crippen LogP contribution in [0, 0.1) is 12.8 Å². The standard InChI is InChI=1S/C25H26ClNO3/c1-16-22(15-23(30-16)17-7-11-20(26)12-8-17)24(18-5-3-2-4-6-18)27-21-13-9-19(10-14-21)25(28)29/h7-15,18,24,27H,2-6H2,1H3,(H,28,29). The molecule has 1 aromatic heterocycles. The summed E-state index contributed by atoms with van der Waals surface area (Å²) in [5.74, 6) is 1.34. The van der Waals surface area contributed by atoms with Gasteiger partial charge in [0.15, 0.2) is 0 Å². The molecule has 1 atom stereocenters. The lowest BCUT2D eigenvalue weighted by Crippen LogP contribution is -2.23. The molecule has 1 heterocycles. The molecule has 4 nitrogen and oxygen atoms in total. The predicted molar refractivity (Wildman–Crippen MR) is 120 cm³/mol. The molecule has 30 heavy (non-hydrogen) atoms. The molecule has 3 aromatic rings. The topological polar surface area (TPSA) is 62.5 Å². The molecule has 1 unspecified atom stereocenters. The SMILES string of the molecule is Cc1oc(-c2ccc(Cl)cc2)cc1C(Nc1ccc(C(=O)O)cc1)C1CCCCC1. The lowest BCUT2D eigenvalue weighted by Gasteiger charge is -2.31. The number of anilines is 1. The molecule has 1 saturated carbocycles. The van der Waals surface area contributed by atoms with Crippen LogP contribution in [0.1, 0.15) is 59.8 Å². The Bertz CT molecular complexity index is 1000. The maximum Gasteiger partial charge on any atom is 0.335 e. The Labute approximate surface area is 181 Å². The summed E-state index contributed by atoms with van der Waals surface area (Å²) in [4.78, 5) is 11.2. The van der Waals surface area contributed by atoms with Crippen molar-refractivity contribution in [2.45, 2.75) is 45.1 Å². The molecule has 2 N–H and O–H groups in total. The number of benzene rings is 2. The number of carboxylic acid groups (broad SMARTS) is 1. The van der Waals surface area contributed by atoms with Crippen LogP contribution in [0.3, 0.4) is 0 Å². The van der Waals surface area contributed by atoms with Gasteiger partial charge in [-0.3, -0.25) is 0 Å². The molecule has 0 radical (unpaired) electrons. The Hall–Kier alpha value is -2.72. The van der Waals surface area contributed by atoms with Gasteiger partial charge in [0.2, 0.25) is 0 Å². The van der Waals surface area contributed by atoms with E-state index in [4.69, 9.17) is 21.1 Å². The third-order valence-corrected chi connectivity index (χ3v) is 6.25. The average Bonchev–Trinajstić information content (AvgIpc) is 3.14. The highest BCUT2D eigenvalue weighted by molar-refractivity contribution is 6.30. The van der Waals surface area contributed by atoms with Gasteiger partial charge in [-0.25, -0.2) is 4.79 Å². The van der Waals surface area contributed by atoms with Gasteiger partial charge >= 0.3 is 5.97 Å². The first kappa shape index (κ1) is 20.5. The van der Waals surface area contributed by atoms with Gasteiger partial charge < -0.3 is 14.8 Å². The zero-order valence-electron chi connectivity index (χ0n) is 17.0. The monoisotopic (exact) mass is 423 g/mol. The van der Waals surface area contributed by atoms with E-state index in [1.165, 1.54) is 32.1 Å². The number of rotatable bonds is 6. The van der Waals surface area contributed by atoms with E-state index < -0.39 is 5.97 Å². The van der Waals surface area contributed by atoms with Crippen molar-refractivity contribution >= 4 is 23.3 Å². The highest BCUT2D eigenvalue weighted by Crippen LogP contribution is 2.40. The van der Waals surface area contributed by atoms with Crippen LogP contribution >= 0.6 is 11.6 Å². The van der Waals surface area contributed by atoms with Crippen LogP contribution in [-0.4, -0.2) is 11.1 Å². The highest BCUT2D eigenvalue weighted by Gasteiger charge is 2.28. The number of carbonyl (C=O) groups is 1. The fourth-order valence-electron chi connectivity index (χ4n) is 4.37. The number of aromatic carboxylic acids is 1. The predicted octanol–water partition coefficient (Wildman–Crippen LogP) is 7.34. The maximum absolute atomic E-state index is 11.2. The third kappa shape index (κ3) is 4.54. The van der Waals surface area contributed by atoms with Crippen LogP contribution in [0.15, 0.2) is 59.0 Å². The van der Waals surface area contributed by atoms with Crippen molar-refractivity contribution in [3.05, 3.63) is 76.5 Å². The van der Waals surface area contributed by atoms with Crippen molar-refractivity contribution < 1.29 is 14.3 Å². The minimum atomic E-state index is -0.913. The van der Waals surface area contributed by atoms with Gasteiger partial charge in [-0.15, -0.1) is 0 Å². The zero-order valence-corrected chi connectivity index (χ0v) is 17.8. The van der Waals surface area contributed by atoms with E-state index in [0.29, 0.717) is 16.5 Å². The lowest BCUT2D eigenvalue weighted by atomic mass is 9.81. The van der Waals surface area contributed by atoms with E-state index in [2.05, 4.69) is 11.4 Å². The maximum atomic E-state index is 11.2. The van der Waals surface area contributed by atoms with Crippen molar-refractivity contribution in [2.24, 2.45) is 5.92 Å². The molecule has 1 aliphatic rings. The van der Waals surface area contributed by atoms with Gasteiger partial charge in [-0.1, -0.05) is 30.9 Å². The third-order valence-electron chi connectivity index (χ3n) is 6.00. The Morgan fingerprint density at radius 3 is 2.37 bits per heavy atom. The van der Waals surface area contributed by atoms with Crippen molar-refractivity contribution in [2.75, 3.05) is 5.32 Å². The van der Waals surface area contributed by atoms with Crippen molar-refractivity contribution in [1.82, 2.24) is 0 Å². The van der Waals surface area contributed by atoms with Crippen LogP contribution in [-0.2, 0) is 0 Å². The zero-order chi connectivity index (χ0) is 21.1. The molecule has 1 fully saturated rings. The summed E-state index contributed by atoms with van der Waals surface area (Å²) in [6, 6.07) is 16.9. The number of hydrogen-bond acceptors (Lipinski definition) is 3. The smallest absolute Gasteiger partial charge is 0.335 e. The van der Waals surface area contributed by atoms with Crippen molar-refractivity contribution in [3.8, 4) is 11.3 Å². The van der Waals surface area contributed by atoms with Crippen molar-refractivity contribution in [3.63, 3.8) is 0 Å². The second-order valence-electron chi connectivity index (χ2n) is 8.03. The van der Waals surface area contributed by atoms with Gasteiger partial charge in [0.05, 0.1) is 11.6 Å². The van der Waals surface area contributed by atoms with Crippen molar-refractivity contribution in [1.29, 1.82) is 0 Å². The first-order valence-electron chi connectivity index (χ1n) is 10.5. The van der Waals surface area contributed by atoms with E-state index >= 15 is 0 Å². The quantitative estimate of drug-likeness (QED) is 0.435. The lowest BCUT2D eigenvalue weighted by molar-refractivity contribution is 0.0697. The van der Waals surface area contributed by atoms with E-state index in [-0.39, 0.29) is 6.04 Å². The summed E-state index contributed by atoms with van der Waals surface area (Å²) in [6.45, 7) is 2.01. The van der Waals surface area contributed by atoms with Crippen LogP contribution in [0.4, 0.5) is 5.69 Å². The molecule has 5 heteroatoms. The summed E-state index contributed by atoms with van der Waals surface area (Å²) in [6.07, 6.45) is 6.11. The van der Waals surface area contributed by atoms with Gasteiger partial charge in [-0.2, -0.15) is 0 Å². The van der Waals surface area contributed by atoms with Crippen LogP contribution in [0.25, 0.3) is 11.3 Å². The second kappa shape index (κ2) is 8.97. The number of furan rings is 1. The highest BCUT2D eigenvalue weighted by atomic mass is 35.5. The normalized spacial score (nSPS) is 15.7. The average molecular weight is 424 g/mol. The molecule has 0 saturated heterocycles. The minimum Gasteiger partial charge on any atom is -0.478 e. The summed E-state index contributed by atoms with van der Waals surface area (Å²) < 4.78 is 6.14. The fourth-order valence-corrected chi connectivity index (χ4v) is 4.49. The van der Waals surface area contributed by atoms with Crippen LogP contribution in [0.2, 0.25) is 5.02 Å². The summed E-state index contributed by atoms with van der Waals surface area (Å²) in [5, 5.41) is 13.5. The van der Waals surface area contributed by atoms with E-state index in [1.54, 1.807) is 12.1 Å². The second-order valence-corrected chi connectivity index (χ2v) is 8.47. The number of hydrogen-bond donors (Lipinski definition) is 2. The van der Waals surface area contributed by atoms with Crippen LogP contribution < -0.4 is 5.32 Å². The Morgan fingerprint density at radius 2 is 1.73 bits per heavy atom. The molecule has 4 rings (SSSR count). The Morgan fingerprint density at radius 1 is 1.07 bits per heavy atom. The number of aryl methyl sites for hydroxylation is 1. The molecule has 1 aliphatic carbocycles. The molecular formula is C25H26ClNO3. The first-order chi connectivity index (χ1) is 14.5. The van der Waals surface area contributed by atoms with Gasteiger partial charge in [0.1, 0.15) is 11.5 Å². The molecule has 0 amide bonds. The van der Waals surface area contributed by atoms with Gasteiger partial charge in [-0.05, 0) is 80.3 Å². The number of carboxylic acids is 1. The molecular weight excluding hydrogens is 398 g/mol. The van der Waals surface area contributed by atoms with Gasteiger partial charge in [0, 0.05) is 21.8 Å². The Kier molecular flexibility index (Phi) is 6.14. The van der Waals surface area contributed by atoms with Gasteiger partial charge in [0.25, 0.3) is 0 Å². The molecule has 0 spiro atoms. The summed E-state index contributed by atoms with van der Waals surface area (Å²) in [7, 11) is 0. The number of nitrogens with one attached hydrogen (secondary N) is 1. The molecule has 0 bridgehead atoms. The minimum absolute atomic E-state index is 0.116. The molecule has 0 aliphatic heterocycles. The number of halogens is 1. The largest absolute Gasteiger partial charge is 0.478 e. The summed E-state index contributed by atoms with van der Waals surface area (Å²) in [5.41, 5.74) is 3.37. The first-order valence-corrected chi connectivity index (χ1v) is 10.9. The molecule has 2 aromatic carbocycles. The van der Waals surface area contributed by atoms with E-state index in [1.807, 2.05) is 43.3 Å². The van der Waals surface area contributed by atoms with Crippen LogP contribution in [0.5, 0.6) is 0 Å². The summed E-state index contributed by atoms with van der Waals surface area (Å²) >= 11 is 6.03. The molecule has 156 valence electrons.